The summed E-state index contributed by atoms with van der Waals surface area (Å²) in [6, 6.07) is 30.5. The average Bonchev–Trinajstić information content (AvgIpc) is 0.779. The van der Waals surface area contributed by atoms with Crippen LogP contribution in [0.3, 0.4) is 0 Å². The van der Waals surface area contributed by atoms with Gasteiger partial charge in [0.1, 0.15) is 27.3 Å². The average molecular weight is 2180 g/mol. The van der Waals surface area contributed by atoms with Gasteiger partial charge in [0.2, 0.25) is 23.8 Å². The Kier molecular flexibility index (Phi) is 32.9. The van der Waals surface area contributed by atoms with Gasteiger partial charge in [0, 0.05) is 134 Å². The van der Waals surface area contributed by atoms with Gasteiger partial charge < -0.3 is 80.9 Å². The predicted octanol–water partition coefficient (Wildman–Crippen LogP) is 24.1. The van der Waals surface area contributed by atoms with Crippen molar-refractivity contribution in [3.8, 4) is 0 Å². The Labute approximate surface area is 916 Å². The number of carbonyl (C=O) groups is 4. The largest absolute Gasteiger partial charge is 0.481 e. The Morgan fingerprint density at radius 1 is 0.373 bits per heavy atom. The summed E-state index contributed by atoms with van der Waals surface area (Å²) in [6.45, 7) is 44.9. The van der Waals surface area contributed by atoms with E-state index in [9.17, 15) is 39.6 Å². The fourth-order valence-corrected chi connectivity index (χ4v) is 28.9. The molecule has 22 rings (SSSR count). The Morgan fingerprint density at radius 3 is 1.07 bits per heavy atom. The highest BCUT2D eigenvalue weighted by atomic mass is 35.5. The highest BCUT2D eigenvalue weighted by Gasteiger charge is 2.56. The molecule has 8 saturated heterocycles. The molecule has 8 atom stereocenters. The molecular weight excluding hydrogens is 2030 g/mol. The van der Waals surface area contributed by atoms with E-state index in [1.54, 1.807) is 28.9 Å². The number of benzene rings is 4. The molecule has 8 N–H and O–H groups in total. The highest BCUT2D eigenvalue weighted by molar-refractivity contribution is 7.17. The normalized spacial score (nSPS) is 27.2. The lowest BCUT2D eigenvalue weighted by atomic mass is 9.63. The molecule has 12 aliphatic rings. The maximum Gasteiger partial charge on any atom is 0.309 e. The second-order valence-electron chi connectivity index (χ2n) is 47.1. The molecule has 804 valence electrons. The summed E-state index contributed by atoms with van der Waals surface area (Å²) in [5.74, 6) is 8.85. The summed E-state index contributed by atoms with van der Waals surface area (Å²) >= 11 is 35.8. The lowest BCUT2D eigenvalue weighted by Crippen LogP contribution is -2.59. The summed E-state index contributed by atoms with van der Waals surface area (Å²) in [6.07, 6.45) is 18.5. The maximum absolute atomic E-state index is 11.7. The van der Waals surface area contributed by atoms with E-state index in [0.29, 0.717) is 88.3 Å². The number of fused-ring (bicyclic) bond motifs is 2. The van der Waals surface area contributed by atoms with Crippen molar-refractivity contribution < 1.29 is 39.6 Å². The number of piperidine rings is 4. The molecule has 12 fully saturated rings. The van der Waals surface area contributed by atoms with Crippen LogP contribution < -0.4 is 40.9 Å². The summed E-state index contributed by atoms with van der Waals surface area (Å²) in [7, 11) is 0. The first-order valence-corrected chi connectivity index (χ1v) is 58.2. The molecule has 0 radical (unpaired) electrons. The van der Waals surface area contributed by atoms with Crippen molar-refractivity contribution in [3.05, 3.63) is 183 Å². The fraction of sp³-hybridized carbons (Fsp3) is 0.583. The zero-order chi connectivity index (χ0) is 106. The smallest absolute Gasteiger partial charge is 0.309 e. The van der Waals surface area contributed by atoms with Gasteiger partial charge in [0.25, 0.3) is 0 Å². The van der Waals surface area contributed by atoms with Crippen LogP contribution in [-0.4, -0.2) is 233 Å². The van der Waals surface area contributed by atoms with Gasteiger partial charge in [-0.05, 0) is 364 Å². The molecule has 28 nitrogen and oxygen atoms in total. The molecular formula is C115H149Cl5N20O8S2. The summed E-state index contributed by atoms with van der Waals surface area (Å²) in [5, 5.41) is 61.0. The zero-order valence-corrected chi connectivity index (χ0v) is 94.6. The van der Waals surface area contributed by atoms with E-state index in [1.807, 2.05) is 92.6 Å². The third-order valence-corrected chi connectivity index (χ3v) is 39.4. The van der Waals surface area contributed by atoms with Crippen molar-refractivity contribution in [2.75, 3.05) is 146 Å². The van der Waals surface area contributed by atoms with Crippen LogP contribution in [0.4, 0.5) is 47.1 Å². The number of rotatable bonds is 29. The molecule has 8 aliphatic heterocycles. The minimum atomic E-state index is -0.648. The Morgan fingerprint density at radius 2 is 0.700 bits per heavy atom. The number of hydrogen-bond donors (Lipinski definition) is 8. The SMILES string of the molecule is CCC1(C(=O)O)CC(N2CCCC(C3CN(c4ncc(Cl)c(NC(C)c5ccc(C)cc5Cl)n4)C3)C2)C1.Cc1ccc(C(C)Nc2nc(N3CC(C4CCCN(C5CC(C)(C(=O)O)C5)C4)C3)nc(C)c2C)c(Cl)c1.Cc1ccc(C(C)Nc2nc(N3CC(C4CCCN(C5CC(C)(C(=O)O)C5)C4)C3)nc3ccsc23)c(Cl)c1.Cc1ccc(C(C)Nc2nc(N3CC(C4CCCN(C5CC(C)(C(=O)O)C5)C4)C3)nc3sccc23)c(Cl)c1. The van der Waals surface area contributed by atoms with E-state index in [2.05, 4.69) is 165 Å². The first-order valence-electron chi connectivity index (χ1n) is 54.5. The minimum Gasteiger partial charge on any atom is -0.481 e. The van der Waals surface area contributed by atoms with Crippen LogP contribution in [0.1, 0.15) is 244 Å². The standard InChI is InChI=1S/2C29H36ClN5O2S.C29H40ClN5O2.C28H37Cl2N5O2/c1-17-6-7-22(23(30)11-17)18(2)31-26-25-24(8-10-38-25)32-28(33-26)35-15-20(16-35)19-5-4-9-34(14-19)21-12-29(3,13-21)27(36)37;1-17-6-7-22(24(30)11-17)18(2)31-25-23-8-10-38-26(23)33-28(32-25)35-15-20(16-35)19-5-4-9-34(14-19)21-12-29(3,13-21)27(36)37;1-17-8-9-24(25(30)11-17)20(4)31-26-18(2)19(3)32-28(33-26)35-15-22(16-35)21-7-6-10-34(14-21)23-12-29(5,13-23)27(36)37;1-4-28(26(36)37)11-21(12-28)34-9-5-6-19(14-34)20-15-35(16-20)27-31-13-24(30)25(33-27)32-18(3)22-8-7-17(2)10-23(22)29/h2*6-8,10-11,18-21H,4-5,9,12-16H2,1-3H3,(H,36,37)(H,31,32,33);8-9,11,20-23H,6-7,10,12-16H2,1-5H3,(H,36,37)(H,31,32,33);7-8,10,13,18-21H,4-6,9,11-12,14-16H2,1-3H3,(H,36,37)(H,31,32,33). The summed E-state index contributed by atoms with van der Waals surface area (Å²) in [5.41, 5.74) is 9.69. The molecule has 150 heavy (non-hydrogen) atoms. The molecule has 4 saturated carbocycles. The number of anilines is 8. The van der Waals surface area contributed by atoms with Crippen LogP contribution in [0.25, 0.3) is 20.4 Å². The first kappa shape index (κ1) is 109. The Hall–Kier alpha value is -9.31. The van der Waals surface area contributed by atoms with Gasteiger partial charge in [0.15, 0.2) is 5.82 Å². The number of carboxylic acid groups (broad SMARTS) is 4. The second kappa shape index (κ2) is 45.2. The number of aromatic nitrogens is 8. The topological polar surface area (TPSA) is 326 Å². The van der Waals surface area contributed by atoms with Crippen molar-refractivity contribution in [1.29, 1.82) is 0 Å². The van der Waals surface area contributed by atoms with Gasteiger partial charge in [-0.3, -0.25) is 19.2 Å². The number of nitrogens with zero attached hydrogens (tertiary/aromatic N) is 16. The molecule has 6 aromatic heterocycles. The molecule has 0 spiro atoms. The number of aryl methyl sites for hydroxylation is 5. The van der Waals surface area contributed by atoms with Crippen LogP contribution in [0.5, 0.6) is 0 Å². The molecule has 0 amide bonds. The number of nitrogens with one attached hydrogen (secondary N) is 4. The van der Waals surface area contributed by atoms with E-state index in [-0.39, 0.29) is 24.2 Å². The van der Waals surface area contributed by atoms with E-state index < -0.39 is 45.5 Å². The van der Waals surface area contributed by atoms with Crippen molar-refractivity contribution in [1.82, 2.24) is 59.5 Å². The summed E-state index contributed by atoms with van der Waals surface area (Å²) < 4.78 is 1.07. The first-order chi connectivity index (χ1) is 71.6. The van der Waals surface area contributed by atoms with E-state index in [0.717, 1.165) is 294 Å². The molecule has 14 heterocycles. The number of aliphatic carboxylic acids is 4. The Bertz CT molecular complexity index is 6370. The van der Waals surface area contributed by atoms with Crippen LogP contribution in [0, 0.1) is 111 Å². The molecule has 10 aromatic rings. The van der Waals surface area contributed by atoms with Gasteiger partial charge in [-0.15, -0.1) is 22.7 Å². The summed E-state index contributed by atoms with van der Waals surface area (Å²) in [4.78, 5) is 105. The zero-order valence-electron chi connectivity index (χ0n) is 89.2. The van der Waals surface area contributed by atoms with E-state index in [1.165, 1.54) is 51.4 Å². The molecule has 4 aliphatic carbocycles. The van der Waals surface area contributed by atoms with Crippen molar-refractivity contribution in [2.45, 2.75) is 254 Å². The number of hydrogen-bond acceptors (Lipinski definition) is 26. The predicted molar refractivity (Wildman–Crippen MR) is 606 cm³/mol. The van der Waals surface area contributed by atoms with Gasteiger partial charge in [-0.2, -0.15) is 19.9 Å². The number of likely N-dealkylation sites (tertiary alicyclic amines) is 4. The van der Waals surface area contributed by atoms with Crippen LogP contribution in [-0.2, 0) is 19.2 Å². The quantitative estimate of drug-likeness (QED) is 0.0216. The highest BCUT2D eigenvalue weighted by Crippen LogP contribution is 2.53. The van der Waals surface area contributed by atoms with Crippen molar-refractivity contribution >= 4 is 172 Å². The van der Waals surface area contributed by atoms with Crippen LogP contribution in [0.15, 0.2) is 102 Å². The molecule has 0 bridgehead atoms. The molecule has 4 aromatic carbocycles. The second-order valence-corrected chi connectivity index (χ2v) is 50.9. The molecule has 8 unspecified atom stereocenters. The van der Waals surface area contributed by atoms with Gasteiger partial charge in [0.05, 0.1) is 67.6 Å². The van der Waals surface area contributed by atoms with Crippen LogP contribution >= 0.6 is 80.7 Å². The van der Waals surface area contributed by atoms with Gasteiger partial charge in [-0.25, -0.2) is 19.9 Å². The van der Waals surface area contributed by atoms with Crippen LogP contribution in [0.2, 0.25) is 25.1 Å². The lowest BCUT2D eigenvalue weighted by molar-refractivity contribution is -0.161. The lowest BCUT2D eigenvalue weighted by Gasteiger charge is -2.53. The van der Waals surface area contributed by atoms with E-state index in [4.69, 9.17) is 92.9 Å². The molecule has 35 heteroatoms. The van der Waals surface area contributed by atoms with Gasteiger partial charge >= 0.3 is 23.9 Å². The fourth-order valence-electron chi connectivity index (χ4n) is 25.6. The number of halogens is 5. The minimum absolute atomic E-state index is 0.0146. The van der Waals surface area contributed by atoms with Crippen molar-refractivity contribution in [2.24, 2.45) is 69.0 Å². The van der Waals surface area contributed by atoms with Gasteiger partial charge in [-0.1, -0.05) is 113 Å². The Balaban J connectivity index is 0.000000125. The number of carboxylic acids is 4. The maximum atomic E-state index is 11.7. The third-order valence-electron chi connectivity index (χ3n) is 36.1. The number of thiophene rings is 2. The monoisotopic (exact) mass is 2180 g/mol. The van der Waals surface area contributed by atoms with Crippen molar-refractivity contribution in [3.63, 3.8) is 0 Å². The van der Waals surface area contributed by atoms with E-state index >= 15 is 0 Å². The third kappa shape index (κ3) is 23.5.